The standard InChI is InChI=1S/C11H14N2O4.ClH/c1-2-15-5-11(14)13-8-4-10-9(3-7(8)12)16-6-17-10;/h3-4H,2,5-6,12H2,1H3,(H,13,14);1H. The van der Waals surface area contributed by atoms with Crippen molar-refractivity contribution in [2.24, 2.45) is 0 Å². The third-order valence-electron chi connectivity index (χ3n) is 2.26. The molecule has 0 bridgehead atoms. The Hall–Kier alpha value is -1.66. The molecule has 2 rings (SSSR count). The van der Waals surface area contributed by atoms with Crippen molar-refractivity contribution in [1.82, 2.24) is 0 Å². The van der Waals surface area contributed by atoms with E-state index in [1.807, 2.05) is 6.92 Å². The number of benzene rings is 1. The number of nitrogens with two attached hydrogens (primary N) is 1. The van der Waals surface area contributed by atoms with Crippen molar-refractivity contribution in [3.05, 3.63) is 12.1 Å². The summed E-state index contributed by atoms with van der Waals surface area (Å²) >= 11 is 0. The molecule has 0 fully saturated rings. The predicted molar refractivity (Wildman–Crippen MR) is 69.3 cm³/mol. The van der Waals surface area contributed by atoms with Gasteiger partial charge in [-0.05, 0) is 6.92 Å². The quantitative estimate of drug-likeness (QED) is 0.811. The molecule has 6 nitrogen and oxygen atoms in total. The van der Waals surface area contributed by atoms with Crippen LogP contribution in [0, 0.1) is 0 Å². The van der Waals surface area contributed by atoms with Crippen molar-refractivity contribution in [1.29, 1.82) is 0 Å². The monoisotopic (exact) mass is 274 g/mol. The minimum absolute atomic E-state index is 0. The number of anilines is 2. The maximum atomic E-state index is 11.5. The summed E-state index contributed by atoms with van der Waals surface area (Å²) in [6, 6.07) is 3.26. The number of amides is 1. The number of rotatable bonds is 4. The number of halogens is 1. The van der Waals surface area contributed by atoms with E-state index in [0.29, 0.717) is 29.5 Å². The minimum Gasteiger partial charge on any atom is -0.454 e. The van der Waals surface area contributed by atoms with Gasteiger partial charge < -0.3 is 25.3 Å². The summed E-state index contributed by atoms with van der Waals surface area (Å²) in [5.74, 6) is 0.911. The Balaban J connectivity index is 0.00000162. The summed E-state index contributed by atoms with van der Waals surface area (Å²) in [4.78, 5) is 11.5. The van der Waals surface area contributed by atoms with Gasteiger partial charge in [-0.25, -0.2) is 0 Å². The van der Waals surface area contributed by atoms with E-state index < -0.39 is 0 Å². The van der Waals surface area contributed by atoms with Gasteiger partial charge in [-0.3, -0.25) is 4.79 Å². The zero-order chi connectivity index (χ0) is 12.3. The molecule has 18 heavy (non-hydrogen) atoms. The van der Waals surface area contributed by atoms with Crippen LogP contribution >= 0.6 is 12.4 Å². The molecule has 0 saturated heterocycles. The molecule has 0 unspecified atom stereocenters. The Morgan fingerprint density at radius 1 is 1.44 bits per heavy atom. The summed E-state index contributed by atoms with van der Waals surface area (Å²) in [7, 11) is 0. The van der Waals surface area contributed by atoms with Crippen LogP contribution in [0.5, 0.6) is 11.5 Å². The molecule has 1 amide bonds. The van der Waals surface area contributed by atoms with Crippen molar-refractivity contribution in [2.45, 2.75) is 6.92 Å². The largest absolute Gasteiger partial charge is 0.454 e. The predicted octanol–water partition coefficient (Wildman–Crippen LogP) is 1.39. The first kappa shape index (κ1) is 14.4. The second kappa shape index (κ2) is 6.32. The first-order valence-electron chi connectivity index (χ1n) is 5.27. The summed E-state index contributed by atoms with van der Waals surface area (Å²) in [5.41, 5.74) is 6.71. The molecule has 1 aromatic carbocycles. The molecule has 1 aromatic rings. The Morgan fingerprint density at radius 3 is 2.78 bits per heavy atom. The van der Waals surface area contributed by atoms with E-state index in [-0.39, 0.29) is 31.7 Å². The number of carbonyl (C=O) groups is 1. The molecule has 0 radical (unpaired) electrons. The van der Waals surface area contributed by atoms with Gasteiger partial charge in [-0.2, -0.15) is 0 Å². The van der Waals surface area contributed by atoms with Crippen molar-refractivity contribution in [2.75, 3.05) is 31.1 Å². The Morgan fingerprint density at radius 2 is 2.11 bits per heavy atom. The molecule has 100 valence electrons. The van der Waals surface area contributed by atoms with Crippen LogP contribution in [0.3, 0.4) is 0 Å². The number of hydrogen-bond donors (Lipinski definition) is 2. The molecule has 0 saturated carbocycles. The van der Waals surface area contributed by atoms with Gasteiger partial charge in [-0.1, -0.05) is 0 Å². The zero-order valence-electron chi connectivity index (χ0n) is 9.89. The number of ether oxygens (including phenoxy) is 3. The lowest BCUT2D eigenvalue weighted by Gasteiger charge is -2.09. The molecule has 0 atom stereocenters. The van der Waals surface area contributed by atoms with E-state index in [2.05, 4.69) is 5.32 Å². The molecule has 1 heterocycles. The highest BCUT2D eigenvalue weighted by Crippen LogP contribution is 2.38. The molecule has 0 aromatic heterocycles. The second-order valence-electron chi connectivity index (χ2n) is 3.48. The molecule has 0 spiro atoms. The van der Waals surface area contributed by atoms with Crippen LogP contribution in [0.25, 0.3) is 0 Å². The van der Waals surface area contributed by atoms with Gasteiger partial charge in [0.2, 0.25) is 12.7 Å². The van der Waals surface area contributed by atoms with Crippen molar-refractivity contribution < 1.29 is 19.0 Å². The summed E-state index contributed by atoms with van der Waals surface area (Å²) in [5, 5.41) is 2.65. The number of nitrogen functional groups attached to an aromatic ring is 1. The maximum absolute atomic E-state index is 11.5. The topological polar surface area (TPSA) is 82.8 Å². The van der Waals surface area contributed by atoms with Crippen molar-refractivity contribution >= 4 is 29.7 Å². The number of nitrogens with one attached hydrogen (secondary N) is 1. The normalized spacial score (nSPS) is 11.8. The van der Waals surface area contributed by atoms with Crippen molar-refractivity contribution in [3.63, 3.8) is 0 Å². The van der Waals surface area contributed by atoms with E-state index in [1.165, 1.54) is 0 Å². The third-order valence-corrected chi connectivity index (χ3v) is 2.26. The first-order chi connectivity index (χ1) is 8.20. The Labute approximate surface area is 111 Å². The molecular formula is C11H15ClN2O4. The van der Waals surface area contributed by atoms with Crippen LogP contribution in [0.2, 0.25) is 0 Å². The lowest BCUT2D eigenvalue weighted by Crippen LogP contribution is -2.18. The van der Waals surface area contributed by atoms with Gasteiger partial charge in [-0.15, -0.1) is 12.4 Å². The van der Waals surface area contributed by atoms with E-state index in [9.17, 15) is 4.79 Å². The maximum Gasteiger partial charge on any atom is 0.250 e. The number of carbonyl (C=O) groups excluding carboxylic acids is 1. The van der Waals surface area contributed by atoms with E-state index >= 15 is 0 Å². The van der Waals surface area contributed by atoms with Gasteiger partial charge in [0.25, 0.3) is 0 Å². The van der Waals surface area contributed by atoms with Crippen LogP contribution in [0.4, 0.5) is 11.4 Å². The molecule has 1 aliphatic heterocycles. The Bertz CT molecular complexity index is 439. The zero-order valence-corrected chi connectivity index (χ0v) is 10.7. The first-order valence-corrected chi connectivity index (χ1v) is 5.27. The van der Waals surface area contributed by atoms with Gasteiger partial charge in [0.1, 0.15) is 6.61 Å². The summed E-state index contributed by atoms with van der Waals surface area (Å²) in [6.45, 7) is 2.49. The number of hydrogen-bond acceptors (Lipinski definition) is 5. The fraction of sp³-hybridized carbons (Fsp3) is 0.364. The van der Waals surface area contributed by atoms with Crippen LogP contribution in [-0.4, -0.2) is 25.9 Å². The lowest BCUT2D eigenvalue weighted by molar-refractivity contribution is -0.120. The second-order valence-corrected chi connectivity index (χ2v) is 3.48. The van der Waals surface area contributed by atoms with Gasteiger partial charge >= 0.3 is 0 Å². The van der Waals surface area contributed by atoms with E-state index in [4.69, 9.17) is 19.9 Å². The van der Waals surface area contributed by atoms with Gasteiger partial charge in [0, 0.05) is 18.7 Å². The SMILES string of the molecule is CCOCC(=O)Nc1cc2c(cc1N)OCO2.Cl. The average Bonchev–Trinajstić information content (AvgIpc) is 2.74. The highest BCUT2D eigenvalue weighted by molar-refractivity contribution is 5.95. The molecule has 0 aliphatic carbocycles. The average molecular weight is 275 g/mol. The van der Waals surface area contributed by atoms with Crippen molar-refractivity contribution in [3.8, 4) is 11.5 Å². The fourth-order valence-corrected chi connectivity index (χ4v) is 1.45. The van der Waals surface area contributed by atoms with Crippen LogP contribution in [0.15, 0.2) is 12.1 Å². The highest BCUT2D eigenvalue weighted by atomic mass is 35.5. The minimum atomic E-state index is -0.252. The summed E-state index contributed by atoms with van der Waals surface area (Å²) in [6.07, 6.45) is 0. The highest BCUT2D eigenvalue weighted by Gasteiger charge is 2.17. The van der Waals surface area contributed by atoms with E-state index in [0.717, 1.165) is 0 Å². The molecular weight excluding hydrogens is 260 g/mol. The third kappa shape index (κ3) is 3.18. The lowest BCUT2D eigenvalue weighted by atomic mass is 10.2. The molecule has 3 N–H and O–H groups in total. The fourth-order valence-electron chi connectivity index (χ4n) is 1.45. The molecule has 1 aliphatic rings. The van der Waals surface area contributed by atoms with Crippen LogP contribution < -0.4 is 20.5 Å². The van der Waals surface area contributed by atoms with Crippen LogP contribution in [0.1, 0.15) is 6.92 Å². The van der Waals surface area contributed by atoms with Gasteiger partial charge in [0.15, 0.2) is 11.5 Å². The summed E-state index contributed by atoms with van der Waals surface area (Å²) < 4.78 is 15.4. The molecule has 7 heteroatoms. The Kier molecular flexibility index (Phi) is 5.06. The van der Waals surface area contributed by atoms with E-state index in [1.54, 1.807) is 12.1 Å². The number of fused-ring (bicyclic) bond motifs is 1. The smallest absolute Gasteiger partial charge is 0.250 e. The van der Waals surface area contributed by atoms with Crippen LogP contribution in [-0.2, 0) is 9.53 Å². The van der Waals surface area contributed by atoms with Gasteiger partial charge in [0.05, 0.1) is 11.4 Å².